The van der Waals surface area contributed by atoms with Crippen molar-refractivity contribution in [3.8, 4) is 11.1 Å². The Hall–Kier alpha value is -0.920. The summed E-state index contributed by atoms with van der Waals surface area (Å²) < 4.78 is 1.43. The summed E-state index contributed by atoms with van der Waals surface area (Å²) in [6.07, 6.45) is 2.47. The minimum atomic E-state index is -1.90. The second-order valence-corrected chi connectivity index (χ2v) is 25.9. The van der Waals surface area contributed by atoms with Gasteiger partial charge in [0.1, 0.15) is 0 Å². The molecule has 29 heavy (non-hydrogen) atoms. The Morgan fingerprint density at radius 1 is 0.655 bits per heavy atom. The Balaban J connectivity index is 0.00000120. The first kappa shape index (κ1) is 22.8. The van der Waals surface area contributed by atoms with Crippen molar-refractivity contribution in [3.63, 3.8) is 0 Å². The summed E-state index contributed by atoms with van der Waals surface area (Å²) in [6, 6.07) is 27.6. The molecule has 0 heterocycles. The third-order valence-electron chi connectivity index (χ3n) is 6.18. The molecule has 0 amide bonds. The molecule has 0 aliphatic heterocycles. The van der Waals surface area contributed by atoms with Crippen molar-refractivity contribution in [2.45, 2.75) is 27.3 Å². The van der Waals surface area contributed by atoms with E-state index in [2.05, 4.69) is 98.9 Å². The fourth-order valence-electron chi connectivity index (χ4n) is 5.13. The van der Waals surface area contributed by atoms with Crippen LogP contribution in [-0.4, -0.2) is 5.43 Å². The zero-order valence-electron chi connectivity index (χ0n) is 17.0. The van der Waals surface area contributed by atoms with Crippen LogP contribution in [0.25, 0.3) is 17.2 Å². The van der Waals surface area contributed by atoms with Gasteiger partial charge in [-0.05, 0) is 0 Å². The van der Waals surface area contributed by atoms with Crippen molar-refractivity contribution in [2.75, 3.05) is 0 Å². The molecule has 3 aromatic rings. The summed E-state index contributed by atoms with van der Waals surface area (Å²) in [5.74, 6) is 0. The van der Waals surface area contributed by atoms with Crippen LogP contribution >= 0.6 is 24.8 Å². The van der Waals surface area contributed by atoms with E-state index in [1.807, 2.05) is 0 Å². The van der Waals surface area contributed by atoms with Crippen molar-refractivity contribution in [1.29, 1.82) is 0 Å². The van der Waals surface area contributed by atoms with E-state index in [9.17, 15) is 0 Å². The summed E-state index contributed by atoms with van der Waals surface area (Å²) in [6.45, 7) is 7.58. The minimum Gasteiger partial charge on any atom is -0.147 e. The molecule has 5 rings (SSSR count). The molecular formula is C25H26Cl2SiZr. The smallest absolute Gasteiger partial charge is 0.147 e. The van der Waals surface area contributed by atoms with Gasteiger partial charge in [0.05, 0.1) is 0 Å². The molecule has 1 unspecified atom stereocenters. The van der Waals surface area contributed by atoms with Crippen molar-refractivity contribution in [3.05, 3.63) is 101 Å². The van der Waals surface area contributed by atoms with Gasteiger partial charge in [0.25, 0.3) is 0 Å². The molecule has 0 aromatic heterocycles. The van der Waals surface area contributed by atoms with Crippen LogP contribution in [0.4, 0.5) is 0 Å². The van der Waals surface area contributed by atoms with Gasteiger partial charge < -0.3 is 0 Å². The van der Waals surface area contributed by atoms with E-state index in [-0.39, 0.29) is 30.2 Å². The molecule has 148 valence electrons. The molecule has 0 saturated heterocycles. The summed E-state index contributed by atoms with van der Waals surface area (Å²) in [4.78, 5) is 0. The maximum Gasteiger partial charge on any atom is -0.147 e. The van der Waals surface area contributed by atoms with Gasteiger partial charge in [-0.1, -0.05) is 0 Å². The zero-order valence-corrected chi connectivity index (χ0v) is 22.1. The molecule has 0 N–H and O–H groups in total. The molecule has 0 spiro atoms. The second-order valence-electron chi connectivity index (χ2n) is 8.01. The number of benzene rings is 3. The molecular weight excluding hydrogens is 490 g/mol. The van der Waals surface area contributed by atoms with Gasteiger partial charge in [-0.3, -0.25) is 0 Å². The Morgan fingerprint density at radius 3 is 1.69 bits per heavy atom. The van der Waals surface area contributed by atoms with E-state index in [1.165, 1.54) is 16.7 Å². The number of allylic oxidation sites excluding steroid dienone is 1. The maximum absolute atomic E-state index is 2.59. The molecule has 1 atom stereocenters. The number of halogens is 2. The number of fused-ring (bicyclic) bond motifs is 4. The minimum absolute atomic E-state index is 0. The van der Waals surface area contributed by atoms with Gasteiger partial charge in [-0.2, -0.15) is 0 Å². The predicted octanol–water partition coefficient (Wildman–Crippen LogP) is 7.63. The van der Waals surface area contributed by atoms with Crippen LogP contribution in [0.15, 0.2) is 78.4 Å². The molecule has 0 saturated carbocycles. The van der Waals surface area contributed by atoms with Crippen molar-refractivity contribution >= 4 is 36.3 Å². The monoisotopic (exact) mass is 514 g/mol. The van der Waals surface area contributed by atoms with E-state index >= 15 is 0 Å². The van der Waals surface area contributed by atoms with E-state index in [4.69, 9.17) is 0 Å². The molecule has 0 nitrogen and oxygen atoms in total. The maximum atomic E-state index is 2.59. The number of hydrogen-bond donors (Lipinski definition) is 0. The van der Waals surface area contributed by atoms with Crippen LogP contribution in [0.1, 0.15) is 36.4 Å². The fourth-order valence-corrected chi connectivity index (χ4v) is 25.5. The van der Waals surface area contributed by atoms with E-state index in [0.717, 1.165) is 3.63 Å². The second kappa shape index (κ2) is 9.06. The molecule has 0 radical (unpaired) electrons. The van der Waals surface area contributed by atoms with Crippen LogP contribution in [-0.2, 0) is 20.4 Å². The third-order valence-corrected chi connectivity index (χ3v) is 25.7. The summed E-state index contributed by atoms with van der Waals surface area (Å²) in [5.41, 5.74) is 10.6. The van der Waals surface area contributed by atoms with Crippen molar-refractivity contribution in [2.24, 2.45) is 0 Å². The van der Waals surface area contributed by atoms with Gasteiger partial charge in [-0.25, -0.2) is 0 Å². The molecule has 0 bridgehead atoms. The van der Waals surface area contributed by atoms with Gasteiger partial charge in [-0.15, -0.1) is 24.8 Å². The molecule has 2 aliphatic carbocycles. The average molecular weight is 517 g/mol. The number of hydrogen-bond acceptors (Lipinski definition) is 0. The SMILES string of the molecule is CC1=Cc2ccccc2[CH]1[Zr]([CH]1c2ccccc2-c2ccccc21)=[Si](C)C.Cl.Cl. The summed E-state index contributed by atoms with van der Waals surface area (Å²) >= 11 is -1.90. The Kier molecular flexibility index (Phi) is 7.11. The first-order valence-corrected chi connectivity index (χ1v) is 18.8. The van der Waals surface area contributed by atoms with E-state index < -0.39 is 20.4 Å². The first-order chi connectivity index (χ1) is 13.2. The van der Waals surface area contributed by atoms with Gasteiger partial charge >= 0.3 is 171 Å². The average Bonchev–Trinajstić information content (AvgIpc) is 3.18. The Bertz CT molecular complexity index is 1080. The molecule has 3 aromatic carbocycles. The summed E-state index contributed by atoms with van der Waals surface area (Å²) in [5, 5.41) is 0. The van der Waals surface area contributed by atoms with E-state index in [1.54, 1.807) is 22.3 Å². The van der Waals surface area contributed by atoms with Crippen LogP contribution in [0.2, 0.25) is 13.1 Å². The van der Waals surface area contributed by atoms with Gasteiger partial charge in [0, 0.05) is 0 Å². The van der Waals surface area contributed by atoms with Crippen LogP contribution < -0.4 is 0 Å². The summed E-state index contributed by atoms with van der Waals surface area (Å²) in [7, 11) is 0. The van der Waals surface area contributed by atoms with Crippen LogP contribution in [0.3, 0.4) is 0 Å². The zero-order chi connectivity index (χ0) is 18.5. The quantitative estimate of drug-likeness (QED) is 0.307. The normalized spacial score (nSPS) is 16.0. The Labute approximate surface area is 194 Å². The van der Waals surface area contributed by atoms with Gasteiger partial charge in [0.2, 0.25) is 0 Å². The van der Waals surface area contributed by atoms with Gasteiger partial charge in [0.15, 0.2) is 0 Å². The number of rotatable bonds is 2. The van der Waals surface area contributed by atoms with Crippen molar-refractivity contribution in [1.82, 2.24) is 0 Å². The Morgan fingerprint density at radius 2 is 1.14 bits per heavy atom. The van der Waals surface area contributed by atoms with Crippen LogP contribution in [0.5, 0.6) is 0 Å². The largest absolute Gasteiger partial charge is 0.147 e. The van der Waals surface area contributed by atoms with Crippen molar-refractivity contribution < 1.29 is 20.4 Å². The van der Waals surface area contributed by atoms with Crippen LogP contribution in [0, 0.1) is 0 Å². The predicted molar refractivity (Wildman–Crippen MR) is 129 cm³/mol. The fraction of sp³-hybridized carbons (Fsp3) is 0.200. The topological polar surface area (TPSA) is 0 Å². The third kappa shape index (κ3) is 3.68. The molecule has 4 heteroatoms. The first-order valence-electron chi connectivity index (χ1n) is 9.79. The van der Waals surface area contributed by atoms with E-state index in [0.29, 0.717) is 3.63 Å². The standard InChI is InChI=1S/C13H9.C10H9.C2H6Si.2ClH.Zr/c1-3-7-12-10(5-1)9-11-6-2-4-8-13(11)12;1-8-6-9-4-2-3-5-10(9)7-8;1-3-2;;;/h1-9H;2-7H,1H3;1-2H3;2*1H;. The molecule has 2 aliphatic rings. The molecule has 0 fully saturated rings.